The lowest BCUT2D eigenvalue weighted by Gasteiger charge is -2.23. The van der Waals surface area contributed by atoms with E-state index in [-0.39, 0.29) is 17.9 Å². The molecule has 166 valence electrons. The molecular weight excluding hydrogens is 404 g/mol. The van der Waals surface area contributed by atoms with E-state index in [1.54, 1.807) is 0 Å². The lowest BCUT2D eigenvalue weighted by molar-refractivity contribution is -0.138. The van der Waals surface area contributed by atoms with Gasteiger partial charge in [-0.25, -0.2) is 0 Å². The second-order valence-corrected chi connectivity index (χ2v) is 8.48. The number of anilines is 1. The summed E-state index contributed by atoms with van der Waals surface area (Å²) in [5.41, 5.74) is 3.87. The van der Waals surface area contributed by atoms with Crippen LogP contribution in [-0.2, 0) is 20.7 Å². The topological polar surface area (TPSA) is 59.1 Å². The molecule has 3 aliphatic heterocycles. The van der Waals surface area contributed by atoms with E-state index in [0.29, 0.717) is 37.6 Å². The summed E-state index contributed by atoms with van der Waals surface area (Å²) < 4.78 is 11.4. The van der Waals surface area contributed by atoms with Gasteiger partial charge in [0.15, 0.2) is 0 Å². The monoisotopic (exact) mass is 432 g/mol. The third-order valence-corrected chi connectivity index (χ3v) is 6.33. The molecule has 0 saturated carbocycles. The van der Waals surface area contributed by atoms with Crippen LogP contribution in [0.15, 0.2) is 54.2 Å². The smallest absolute Gasteiger partial charge is 0.278 e. The average molecular weight is 433 g/mol. The van der Waals surface area contributed by atoms with E-state index in [2.05, 4.69) is 13.0 Å². The molecule has 1 unspecified atom stereocenters. The number of rotatable bonds is 7. The van der Waals surface area contributed by atoms with Gasteiger partial charge in [0.1, 0.15) is 11.4 Å². The number of para-hydroxylation sites is 1. The Morgan fingerprint density at radius 3 is 2.62 bits per heavy atom. The number of fused-ring (bicyclic) bond motifs is 1. The van der Waals surface area contributed by atoms with Gasteiger partial charge in [-0.3, -0.25) is 14.5 Å². The van der Waals surface area contributed by atoms with Crippen LogP contribution in [0.1, 0.15) is 37.3 Å². The Morgan fingerprint density at radius 1 is 1.06 bits per heavy atom. The number of amides is 2. The number of ether oxygens (including phenoxy) is 2. The minimum Gasteiger partial charge on any atom is -0.494 e. The number of carbonyl (C=O) groups is 2. The predicted molar refractivity (Wildman–Crippen MR) is 122 cm³/mol. The fourth-order valence-electron chi connectivity index (χ4n) is 4.74. The number of benzene rings is 2. The minimum absolute atomic E-state index is 0.0841. The van der Waals surface area contributed by atoms with E-state index in [0.717, 1.165) is 42.7 Å². The van der Waals surface area contributed by atoms with E-state index in [1.807, 2.05) is 47.4 Å². The van der Waals surface area contributed by atoms with Gasteiger partial charge in [-0.2, -0.15) is 0 Å². The molecule has 1 fully saturated rings. The van der Waals surface area contributed by atoms with Crippen molar-refractivity contribution >= 4 is 23.1 Å². The number of carbonyl (C=O) groups excluding carboxylic acids is 2. The van der Waals surface area contributed by atoms with Gasteiger partial charge >= 0.3 is 0 Å². The van der Waals surface area contributed by atoms with Gasteiger partial charge < -0.3 is 14.4 Å². The SMILES string of the molecule is CCCOc1ccc(C2=C(N3CCc4ccccc43)C(=O)N(CC3CCCO3)C2=O)cc1. The van der Waals surface area contributed by atoms with Crippen molar-refractivity contribution in [3.8, 4) is 5.75 Å². The van der Waals surface area contributed by atoms with Gasteiger partial charge in [-0.05, 0) is 55.0 Å². The molecule has 3 aliphatic rings. The average Bonchev–Trinajstić information content (AvgIpc) is 3.54. The van der Waals surface area contributed by atoms with E-state index >= 15 is 0 Å². The number of imide groups is 1. The van der Waals surface area contributed by atoms with Crippen LogP contribution in [0.4, 0.5) is 5.69 Å². The molecule has 1 saturated heterocycles. The molecule has 0 aromatic heterocycles. The summed E-state index contributed by atoms with van der Waals surface area (Å²) >= 11 is 0. The minimum atomic E-state index is -0.243. The fraction of sp³-hybridized carbons (Fsp3) is 0.385. The quantitative estimate of drug-likeness (QED) is 0.623. The Kier molecular flexibility index (Phi) is 5.70. The predicted octanol–water partition coefficient (Wildman–Crippen LogP) is 3.80. The van der Waals surface area contributed by atoms with E-state index < -0.39 is 0 Å². The summed E-state index contributed by atoms with van der Waals surface area (Å²) in [5.74, 6) is 0.285. The third kappa shape index (κ3) is 3.69. The maximum Gasteiger partial charge on any atom is 0.278 e. The van der Waals surface area contributed by atoms with Crippen molar-refractivity contribution in [3.05, 3.63) is 65.4 Å². The molecule has 2 amide bonds. The summed E-state index contributed by atoms with van der Waals surface area (Å²) in [7, 11) is 0. The van der Waals surface area contributed by atoms with Crippen molar-refractivity contribution in [2.75, 3.05) is 31.2 Å². The summed E-state index contributed by atoms with van der Waals surface area (Å²) in [4.78, 5) is 30.6. The highest BCUT2D eigenvalue weighted by atomic mass is 16.5. The molecule has 0 spiro atoms. The Hall–Kier alpha value is -3.12. The van der Waals surface area contributed by atoms with Crippen molar-refractivity contribution in [2.24, 2.45) is 0 Å². The van der Waals surface area contributed by atoms with Crippen LogP contribution in [0, 0.1) is 0 Å². The second-order valence-electron chi connectivity index (χ2n) is 8.48. The normalized spacial score (nSPS) is 20.5. The Balaban J connectivity index is 1.53. The van der Waals surface area contributed by atoms with Gasteiger partial charge in [-0.1, -0.05) is 37.3 Å². The molecular formula is C26H28N2O4. The lowest BCUT2D eigenvalue weighted by atomic mass is 10.0. The fourth-order valence-corrected chi connectivity index (χ4v) is 4.74. The van der Waals surface area contributed by atoms with Crippen molar-refractivity contribution in [1.29, 1.82) is 0 Å². The zero-order chi connectivity index (χ0) is 22.1. The molecule has 1 atom stereocenters. The van der Waals surface area contributed by atoms with Gasteiger partial charge in [0.05, 0.1) is 24.8 Å². The first-order chi connectivity index (χ1) is 15.7. The molecule has 6 nitrogen and oxygen atoms in total. The highest BCUT2D eigenvalue weighted by molar-refractivity contribution is 6.36. The lowest BCUT2D eigenvalue weighted by Crippen LogP contribution is -2.39. The Bertz CT molecular complexity index is 1050. The Morgan fingerprint density at radius 2 is 1.88 bits per heavy atom. The zero-order valence-electron chi connectivity index (χ0n) is 18.4. The van der Waals surface area contributed by atoms with Crippen LogP contribution in [0.25, 0.3) is 5.57 Å². The number of nitrogens with zero attached hydrogens (tertiary/aromatic N) is 2. The molecule has 0 aliphatic carbocycles. The van der Waals surface area contributed by atoms with Gasteiger partial charge in [0, 0.05) is 18.8 Å². The molecule has 0 radical (unpaired) electrons. The summed E-state index contributed by atoms with van der Waals surface area (Å²) in [5, 5.41) is 0. The maximum absolute atomic E-state index is 13.6. The number of hydrogen-bond donors (Lipinski definition) is 0. The molecule has 32 heavy (non-hydrogen) atoms. The molecule has 5 rings (SSSR count). The first kappa shape index (κ1) is 20.8. The summed E-state index contributed by atoms with van der Waals surface area (Å²) in [6, 6.07) is 15.6. The standard InChI is InChI=1S/C26H28N2O4/c1-2-15-31-20-11-9-19(10-12-20)23-24(27-14-13-18-6-3-4-8-22(18)27)26(30)28(25(23)29)17-21-7-5-16-32-21/h3-4,6,8-12,21H,2,5,7,13-17H2,1H3. The number of hydrogen-bond acceptors (Lipinski definition) is 5. The first-order valence-electron chi connectivity index (χ1n) is 11.5. The highest BCUT2D eigenvalue weighted by Gasteiger charge is 2.44. The van der Waals surface area contributed by atoms with Crippen molar-refractivity contribution in [1.82, 2.24) is 4.90 Å². The van der Waals surface area contributed by atoms with Gasteiger partial charge in [0.25, 0.3) is 11.8 Å². The van der Waals surface area contributed by atoms with Crippen LogP contribution in [0.3, 0.4) is 0 Å². The molecule has 3 heterocycles. The van der Waals surface area contributed by atoms with Crippen molar-refractivity contribution < 1.29 is 19.1 Å². The van der Waals surface area contributed by atoms with Crippen molar-refractivity contribution in [3.63, 3.8) is 0 Å². The molecule has 2 aromatic carbocycles. The largest absolute Gasteiger partial charge is 0.494 e. The van der Waals surface area contributed by atoms with E-state index in [9.17, 15) is 9.59 Å². The van der Waals surface area contributed by atoms with Gasteiger partial charge in [0.2, 0.25) is 0 Å². The molecule has 0 N–H and O–H groups in total. The van der Waals surface area contributed by atoms with E-state index in [1.165, 1.54) is 10.5 Å². The van der Waals surface area contributed by atoms with Crippen LogP contribution in [-0.4, -0.2) is 49.1 Å². The van der Waals surface area contributed by atoms with Crippen LogP contribution < -0.4 is 9.64 Å². The summed E-state index contributed by atoms with van der Waals surface area (Å²) in [6.07, 6.45) is 3.53. The highest BCUT2D eigenvalue weighted by Crippen LogP contribution is 2.39. The van der Waals surface area contributed by atoms with Gasteiger partial charge in [-0.15, -0.1) is 0 Å². The van der Waals surface area contributed by atoms with Crippen LogP contribution in [0.2, 0.25) is 0 Å². The molecule has 2 aromatic rings. The Labute approximate surface area is 188 Å². The van der Waals surface area contributed by atoms with Crippen LogP contribution in [0.5, 0.6) is 5.75 Å². The second kappa shape index (κ2) is 8.79. The molecule has 6 heteroatoms. The first-order valence-corrected chi connectivity index (χ1v) is 11.5. The zero-order valence-corrected chi connectivity index (χ0v) is 18.4. The summed E-state index contributed by atoms with van der Waals surface area (Å²) in [6.45, 7) is 4.38. The third-order valence-electron chi connectivity index (χ3n) is 6.33. The van der Waals surface area contributed by atoms with E-state index in [4.69, 9.17) is 9.47 Å². The van der Waals surface area contributed by atoms with Crippen LogP contribution >= 0.6 is 0 Å². The van der Waals surface area contributed by atoms with Crippen molar-refractivity contribution in [2.45, 2.75) is 38.7 Å². The molecule has 0 bridgehead atoms. The maximum atomic E-state index is 13.6.